The molecule has 0 atom stereocenters. The maximum absolute atomic E-state index is 12.5. The van der Waals surface area contributed by atoms with Gasteiger partial charge in [0.2, 0.25) is 0 Å². The molecule has 0 aliphatic heterocycles. The summed E-state index contributed by atoms with van der Waals surface area (Å²) in [6, 6.07) is 6.62. The fourth-order valence-electron chi connectivity index (χ4n) is 2.33. The molecule has 0 fully saturated rings. The molecule has 1 aromatic carbocycles. The van der Waals surface area contributed by atoms with Gasteiger partial charge < -0.3 is 4.42 Å². The Balaban J connectivity index is 1.91. The molecular formula is C14H15N5O3S. The molecule has 1 N–H and O–H groups in total. The normalized spacial score (nSPS) is 11.6. The summed E-state index contributed by atoms with van der Waals surface area (Å²) >= 11 is 0. The molecule has 120 valence electrons. The average Bonchev–Trinajstić information content (AvgIpc) is 3.08. The Bertz CT molecular complexity index is 945. The van der Waals surface area contributed by atoms with Crippen LogP contribution in [-0.2, 0) is 10.0 Å². The lowest BCUT2D eigenvalue weighted by atomic mass is 10.2. The highest BCUT2D eigenvalue weighted by molar-refractivity contribution is 7.92. The summed E-state index contributed by atoms with van der Waals surface area (Å²) in [4.78, 5) is 0.136. The number of anilines is 1. The third kappa shape index (κ3) is 2.95. The molecule has 0 radical (unpaired) electrons. The second-order valence-corrected chi connectivity index (χ2v) is 6.79. The molecular weight excluding hydrogens is 318 g/mol. The number of tetrazole rings is 1. The van der Waals surface area contributed by atoms with E-state index in [1.54, 1.807) is 32.0 Å². The number of benzene rings is 1. The second kappa shape index (κ2) is 5.51. The standard InChI is InChI=1S/C14H15N5O3S/c1-9-6-12(4-5-13(9)19-8-15-17-18-19)16-23(20,21)14-7-10(2)22-11(14)3/h4-8,16H,1-3H3. The first-order valence-electron chi connectivity index (χ1n) is 6.81. The third-order valence-electron chi connectivity index (χ3n) is 3.33. The van der Waals surface area contributed by atoms with Crippen molar-refractivity contribution in [3.63, 3.8) is 0 Å². The topological polar surface area (TPSA) is 103 Å². The molecule has 0 saturated carbocycles. The minimum atomic E-state index is -3.70. The molecule has 0 spiro atoms. The van der Waals surface area contributed by atoms with Gasteiger partial charge in [0.15, 0.2) is 0 Å². The Morgan fingerprint density at radius 2 is 1.96 bits per heavy atom. The number of aryl methyl sites for hydroxylation is 3. The van der Waals surface area contributed by atoms with Gasteiger partial charge in [-0.25, -0.2) is 13.1 Å². The van der Waals surface area contributed by atoms with E-state index in [0.717, 1.165) is 11.3 Å². The SMILES string of the molecule is Cc1cc(S(=O)(=O)Nc2ccc(-n3cnnn3)c(C)c2)c(C)o1. The van der Waals surface area contributed by atoms with Gasteiger partial charge in [-0.1, -0.05) is 0 Å². The van der Waals surface area contributed by atoms with Gasteiger partial charge in [-0.05, 0) is 55.0 Å². The van der Waals surface area contributed by atoms with Crippen molar-refractivity contribution < 1.29 is 12.8 Å². The quantitative estimate of drug-likeness (QED) is 0.783. The van der Waals surface area contributed by atoms with Gasteiger partial charge in [0, 0.05) is 11.8 Å². The first kappa shape index (κ1) is 15.2. The van der Waals surface area contributed by atoms with Crippen LogP contribution >= 0.6 is 0 Å². The van der Waals surface area contributed by atoms with E-state index in [9.17, 15) is 8.42 Å². The minimum absolute atomic E-state index is 0.136. The molecule has 3 rings (SSSR count). The van der Waals surface area contributed by atoms with Crippen LogP contribution in [0, 0.1) is 20.8 Å². The second-order valence-electron chi connectivity index (χ2n) is 5.14. The number of hydrogen-bond donors (Lipinski definition) is 1. The number of furan rings is 1. The van der Waals surface area contributed by atoms with E-state index >= 15 is 0 Å². The Kier molecular flexibility index (Phi) is 3.64. The van der Waals surface area contributed by atoms with E-state index in [4.69, 9.17) is 4.42 Å². The van der Waals surface area contributed by atoms with Crippen molar-refractivity contribution in [2.45, 2.75) is 25.7 Å². The van der Waals surface area contributed by atoms with E-state index in [2.05, 4.69) is 20.2 Å². The number of nitrogens with zero attached hydrogens (tertiary/aromatic N) is 4. The Morgan fingerprint density at radius 3 is 2.52 bits per heavy atom. The monoisotopic (exact) mass is 333 g/mol. The van der Waals surface area contributed by atoms with Crippen molar-refractivity contribution in [3.05, 3.63) is 47.7 Å². The molecule has 9 heteroatoms. The number of rotatable bonds is 4. The molecule has 0 aliphatic carbocycles. The van der Waals surface area contributed by atoms with Crippen LogP contribution in [0.3, 0.4) is 0 Å². The van der Waals surface area contributed by atoms with E-state index in [-0.39, 0.29) is 4.90 Å². The zero-order valence-corrected chi connectivity index (χ0v) is 13.6. The van der Waals surface area contributed by atoms with Crippen LogP contribution < -0.4 is 4.72 Å². The minimum Gasteiger partial charge on any atom is -0.465 e. The highest BCUT2D eigenvalue weighted by atomic mass is 32.2. The first-order valence-corrected chi connectivity index (χ1v) is 8.29. The van der Waals surface area contributed by atoms with Crippen molar-refractivity contribution in [2.24, 2.45) is 0 Å². The van der Waals surface area contributed by atoms with E-state index in [1.807, 2.05) is 6.92 Å². The van der Waals surface area contributed by atoms with Crippen LogP contribution in [0.15, 0.2) is 39.9 Å². The largest absolute Gasteiger partial charge is 0.465 e. The van der Waals surface area contributed by atoms with Crippen LogP contribution in [0.5, 0.6) is 0 Å². The van der Waals surface area contributed by atoms with Crippen LogP contribution in [-0.4, -0.2) is 28.6 Å². The fourth-order valence-corrected chi connectivity index (χ4v) is 3.62. The van der Waals surface area contributed by atoms with Crippen molar-refractivity contribution in [1.29, 1.82) is 0 Å². The summed E-state index contributed by atoms with van der Waals surface area (Å²) in [6.07, 6.45) is 1.48. The van der Waals surface area contributed by atoms with Crippen molar-refractivity contribution in [2.75, 3.05) is 4.72 Å². The number of sulfonamides is 1. The summed E-state index contributed by atoms with van der Waals surface area (Å²) < 4.78 is 34.3. The average molecular weight is 333 g/mol. The summed E-state index contributed by atoms with van der Waals surface area (Å²) in [5.41, 5.74) is 2.06. The van der Waals surface area contributed by atoms with Crippen molar-refractivity contribution in [1.82, 2.24) is 20.2 Å². The maximum Gasteiger partial charge on any atom is 0.265 e. The number of nitrogens with one attached hydrogen (secondary N) is 1. The molecule has 8 nitrogen and oxygen atoms in total. The predicted octanol–water partition coefficient (Wildman–Crippen LogP) is 1.98. The summed E-state index contributed by atoms with van der Waals surface area (Å²) in [6.45, 7) is 5.17. The van der Waals surface area contributed by atoms with Crippen molar-refractivity contribution >= 4 is 15.7 Å². The van der Waals surface area contributed by atoms with E-state index in [1.165, 1.54) is 17.1 Å². The van der Waals surface area contributed by atoms with Gasteiger partial charge in [-0.15, -0.1) is 5.10 Å². The van der Waals surface area contributed by atoms with Crippen molar-refractivity contribution in [3.8, 4) is 5.69 Å². The highest BCUT2D eigenvalue weighted by Gasteiger charge is 2.21. The molecule has 2 heterocycles. The number of aromatic nitrogens is 4. The Labute approximate surface area is 133 Å². The maximum atomic E-state index is 12.5. The van der Waals surface area contributed by atoms with Crippen LogP contribution in [0.1, 0.15) is 17.1 Å². The Hall–Kier alpha value is -2.68. The molecule has 0 saturated heterocycles. The zero-order chi connectivity index (χ0) is 16.6. The predicted molar refractivity (Wildman–Crippen MR) is 82.9 cm³/mol. The fraction of sp³-hybridized carbons (Fsp3) is 0.214. The van der Waals surface area contributed by atoms with Gasteiger partial charge in [0.1, 0.15) is 22.7 Å². The zero-order valence-electron chi connectivity index (χ0n) is 12.8. The van der Waals surface area contributed by atoms with Crippen LogP contribution in [0.25, 0.3) is 5.69 Å². The first-order chi connectivity index (χ1) is 10.9. The lowest BCUT2D eigenvalue weighted by Gasteiger charge is -2.10. The third-order valence-corrected chi connectivity index (χ3v) is 4.82. The molecule has 0 amide bonds. The summed E-state index contributed by atoms with van der Waals surface area (Å²) in [7, 11) is -3.70. The number of hydrogen-bond acceptors (Lipinski definition) is 6. The molecule has 0 unspecified atom stereocenters. The van der Waals surface area contributed by atoms with Crippen LogP contribution in [0.4, 0.5) is 5.69 Å². The molecule has 3 aromatic rings. The molecule has 0 aliphatic rings. The van der Waals surface area contributed by atoms with Gasteiger partial charge >= 0.3 is 0 Å². The molecule has 0 bridgehead atoms. The van der Waals surface area contributed by atoms with Crippen LogP contribution in [0.2, 0.25) is 0 Å². The summed E-state index contributed by atoms with van der Waals surface area (Å²) in [5, 5.41) is 11.0. The van der Waals surface area contributed by atoms with Gasteiger partial charge in [-0.2, -0.15) is 0 Å². The highest BCUT2D eigenvalue weighted by Crippen LogP contribution is 2.24. The Morgan fingerprint density at radius 1 is 1.17 bits per heavy atom. The molecule has 23 heavy (non-hydrogen) atoms. The van der Waals surface area contributed by atoms with E-state index < -0.39 is 10.0 Å². The lowest BCUT2D eigenvalue weighted by molar-refractivity contribution is 0.496. The summed E-state index contributed by atoms with van der Waals surface area (Å²) in [5.74, 6) is 0.908. The van der Waals surface area contributed by atoms with Gasteiger partial charge in [0.05, 0.1) is 5.69 Å². The van der Waals surface area contributed by atoms with E-state index in [0.29, 0.717) is 17.2 Å². The smallest absolute Gasteiger partial charge is 0.265 e. The van der Waals surface area contributed by atoms with Gasteiger partial charge in [0.25, 0.3) is 10.0 Å². The molecule has 2 aromatic heterocycles. The lowest BCUT2D eigenvalue weighted by Crippen LogP contribution is -2.13. The van der Waals surface area contributed by atoms with Gasteiger partial charge in [-0.3, -0.25) is 4.72 Å².